The molecular formula is C16H21N5O2. The number of nitrogens with zero attached hydrogens (tertiary/aromatic N) is 5. The van der Waals surface area contributed by atoms with Crippen LogP contribution < -0.4 is 11.4 Å². The molecule has 0 saturated heterocycles. The molecule has 23 heavy (non-hydrogen) atoms. The molecule has 0 fully saturated rings. The molecular weight excluding hydrogens is 294 g/mol. The molecule has 7 heteroatoms. The van der Waals surface area contributed by atoms with E-state index in [-0.39, 0.29) is 12.1 Å². The summed E-state index contributed by atoms with van der Waals surface area (Å²) in [6.45, 7) is 18.0. The number of aromatic nitrogens is 4. The van der Waals surface area contributed by atoms with Gasteiger partial charge in [-0.2, -0.15) is 4.57 Å². The summed E-state index contributed by atoms with van der Waals surface area (Å²) in [4.78, 5) is 33.3. The van der Waals surface area contributed by atoms with E-state index in [2.05, 4.69) is 9.83 Å². The van der Waals surface area contributed by atoms with Crippen LogP contribution in [0.5, 0.6) is 0 Å². The zero-order chi connectivity index (χ0) is 17.5. The zero-order valence-corrected chi connectivity index (χ0v) is 14.3. The van der Waals surface area contributed by atoms with Gasteiger partial charge < -0.3 is 0 Å². The predicted molar refractivity (Wildman–Crippen MR) is 88.6 cm³/mol. The normalized spacial score (nSPS) is 11.3. The lowest BCUT2D eigenvalue weighted by Crippen LogP contribution is -2.29. The Labute approximate surface area is 134 Å². The molecule has 2 heterocycles. The number of aryl methyl sites for hydroxylation is 2. The lowest BCUT2D eigenvalue weighted by Gasteiger charge is -2.14. The molecule has 2 rings (SSSR count). The van der Waals surface area contributed by atoms with Crippen LogP contribution >= 0.6 is 0 Å². The first-order valence-electron chi connectivity index (χ1n) is 7.52. The van der Waals surface area contributed by atoms with Gasteiger partial charge in [-0.05, 0) is 53.2 Å². The highest BCUT2D eigenvalue weighted by atomic mass is 16.2. The monoisotopic (exact) mass is 315 g/mol. The van der Waals surface area contributed by atoms with E-state index in [9.17, 15) is 9.59 Å². The Hall–Kier alpha value is -2.62. The van der Waals surface area contributed by atoms with E-state index in [1.807, 2.05) is 27.7 Å². The SMILES string of the molecule is [C-]#[N+]c1cc(C)c(-n2c(=O)n(C(C)C)n(C(C)C)c2=O)nc1C. The second-order valence-corrected chi connectivity index (χ2v) is 6.12. The van der Waals surface area contributed by atoms with Crippen molar-refractivity contribution in [1.82, 2.24) is 18.9 Å². The van der Waals surface area contributed by atoms with Gasteiger partial charge in [0.1, 0.15) is 5.82 Å². The molecule has 0 aromatic carbocycles. The predicted octanol–water partition coefficient (Wildman–Crippen LogP) is 2.53. The first-order chi connectivity index (χ1) is 10.7. The van der Waals surface area contributed by atoms with Crippen LogP contribution in [0.25, 0.3) is 10.7 Å². The molecule has 0 saturated carbocycles. The van der Waals surface area contributed by atoms with Crippen molar-refractivity contribution in [2.24, 2.45) is 0 Å². The second-order valence-electron chi connectivity index (χ2n) is 6.12. The van der Waals surface area contributed by atoms with Gasteiger partial charge in [-0.3, -0.25) is 0 Å². The van der Waals surface area contributed by atoms with E-state index in [1.54, 1.807) is 19.9 Å². The summed E-state index contributed by atoms with van der Waals surface area (Å²) in [7, 11) is 0. The van der Waals surface area contributed by atoms with Crippen molar-refractivity contribution in [1.29, 1.82) is 0 Å². The fraction of sp³-hybridized carbons (Fsp3) is 0.500. The fourth-order valence-electron chi connectivity index (χ4n) is 2.61. The Kier molecular flexibility index (Phi) is 4.28. The third kappa shape index (κ3) is 2.61. The minimum Gasteiger partial charge on any atom is -0.246 e. The Bertz CT molecular complexity index is 867. The maximum absolute atomic E-state index is 12.8. The smallest absolute Gasteiger partial charge is 0.246 e. The summed E-state index contributed by atoms with van der Waals surface area (Å²) in [5.41, 5.74) is 0.721. The summed E-state index contributed by atoms with van der Waals surface area (Å²) < 4.78 is 3.99. The zero-order valence-electron chi connectivity index (χ0n) is 14.3. The van der Waals surface area contributed by atoms with Gasteiger partial charge in [0, 0.05) is 17.8 Å². The van der Waals surface area contributed by atoms with Gasteiger partial charge in [0.25, 0.3) is 0 Å². The van der Waals surface area contributed by atoms with Crippen molar-refractivity contribution < 1.29 is 0 Å². The molecule has 0 spiro atoms. The molecule has 0 amide bonds. The summed E-state index contributed by atoms with van der Waals surface area (Å²) in [5.74, 6) is 0.290. The van der Waals surface area contributed by atoms with Crippen molar-refractivity contribution in [3.8, 4) is 5.82 Å². The molecule has 0 N–H and O–H groups in total. The molecule has 0 bridgehead atoms. The van der Waals surface area contributed by atoms with Gasteiger partial charge in [-0.15, -0.1) is 0 Å². The molecule has 0 aliphatic rings. The van der Waals surface area contributed by atoms with Crippen molar-refractivity contribution >= 4 is 5.69 Å². The average molecular weight is 315 g/mol. The molecule has 2 aromatic rings. The highest BCUT2D eigenvalue weighted by molar-refractivity contribution is 5.54. The summed E-state index contributed by atoms with van der Waals surface area (Å²) in [6, 6.07) is 1.36. The molecule has 0 aliphatic heterocycles. The highest BCUT2D eigenvalue weighted by Crippen LogP contribution is 2.21. The second kappa shape index (κ2) is 5.88. The van der Waals surface area contributed by atoms with Crippen LogP contribution in [-0.4, -0.2) is 18.9 Å². The number of rotatable bonds is 3. The van der Waals surface area contributed by atoms with Crippen LogP contribution in [0, 0.1) is 20.4 Å². The van der Waals surface area contributed by atoms with Gasteiger partial charge in [0.15, 0.2) is 0 Å². The van der Waals surface area contributed by atoms with Gasteiger partial charge in [-0.1, -0.05) is 0 Å². The van der Waals surface area contributed by atoms with Gasteiger partial charge in [-0.25, -0.2) is 28.8 Å². The summed E-state index contributed by atoms with van der Waals surface area (Å²) >= 11 is 0. The average Bonchev–Trinajstić information content (AvgIpc) is 2.72. The Morgan fingerprint density at radius 2 is 1.52 bits per heavy atom. The molecule has 122 valence electrons. The van der Waals surface area contributed by atoms with Crippen LogP contribution in [0.2, 0.25) is 0 Å². The Morgan fingerprint density at radius 3 is 1.91 bits per heavy atom. The minimum atomic E-state index is -0.413. The van der Waals surface area contributed by atoms with E-state index in [0.717, 1.165) is 4.57 Å². The van der Waals surface area contributed by atoms with Gasteiger partial charge in [0.2, 0.25) is 5.69 Å². The van der Waals surface area contributed by atoms with Crippen molar-refractivity contribution in [3.63, 3.8) is 0 Å². The number of pyridine rings is 1. The van der Waals surface area contributed by atoms with Gasteiger partial charge >= 0.3 is 11.4 Å². The molecule has 7 nitrogen and oxygen atoms in total. The quantitative estimate of drug-likeness (QED) is 0.817. The Balaban J connectivity index is 2.89. The van der Waals surface area contributed by atoms with Crippen LogP contribution in [0.3, 0.4) is 0 Å². The molecule has 0 unspecified atom stereocenters. The fourth-order valence-corrected chi connectivity index (χ4v) is 2.61. The van der Waals surface area contributed by atoms with E-state index in [0.29, 0.717) is 22.8 Å². The van der Waals surface area contributed by atoms with E-state index < -0.39 is 11.4 Å². The molecule has 0 aliphatic carbocycles. The third-order valence-corrected chi connectivity index (χ3v) is 3.67. The lowest BCUT2D eigenvalue weighted by atomic mass is 10.2. The number of hydrogen-bond acceptors (Lipinski definition) is 3. The maximum Gasteiger partial charge on any atom is 0.353 e. The summed E-state index contributed by atoms with van der Waals surface area (Å²) in [6.07, 6.45) is 0. The highest BCUT2D eigenvalue weighted by Gasteiger charge is 2.23. The van der Waals surface area contributed by atoms with Crippen LogP contribution in [0.4, 0.5) is 5.69 Å². The van der Waals surface area contributed by atoms with E-state index >= 15 is 0 Å². The van der Waals surface area contributed by atoms with Crippen LogP contribution in [0.15, 0.2) is 15.7 Å². The maximum atomic E-state index is 12.8. The van der Waals surface area contributed by atoms with E-state index in [4.69, 9.17) is 6.57 Å². The van der Waals surface area contributed by atoms with Crippen molar-refractivity contribution in [2.75, 3.05) is 0 Å². The minimum absolute atomic E-state index is 0.150. The topological polar surface area (TPSA) is 66.2 Å². The van der Waals surface area contributed by atoms with Crippen molar-refractivity contribution in [3.05, 3.63) is 49.7 Å². The Morgan fingerprint density at radius 1 is 1.04 bits per heavy atom. The standard InChI is InChI=1S/C16H21N5O2/c1-9(2)20-15(22)19(16(23)21(20)10(3)4)14-11(5)8-13(17-7)12(6)18-14/h8-10H,1-6H3. The first kappa shape index (κ1) is 16.7. The van der Waals surface area contributed by atoms with Crippen molar-refractivity contribution in [2.45, 2.75) is 53.6 Å². The number of hydrogen-bond donors (Lipinski definition) is 0. The molecule has 2 aromatic heterocycles. The lowest BCUT2D eigenvalue weighted by molar-refractivity contribution is 0.357. The van der Waals surface area contributed by atoms with Crippen LogP contribution in [0.1, 0.15) is 51.0 Å². The largest absolute Gasteiger partial charge is 0.353 e. The summed E-state index contributed by atoms with van der Waals surface area (Å²) in [5, 5.41) is 0. The third-order valence-electron chi connectivity index (χ3n) is 3.67. The molecule has 0 atom stereocenters. The first-order valence-corrected chi connectivity index (χ1v) is 7.52. The van der Waals surface area contributed by atoms with Crippen LogP contribution in [-0.2, 0) is 0 Å². The molecule has 0 radical (unpaired) electrons. The van der Waals surface area contributed by atoms with Gasteiger partial charge in [0.05, 0.1) is 6.57 Å². The van der Waals surface area contributed by atoms with E-state index in [1.165, 1.54) is 9.36 Å².